The summed E-state index contributed by atoms with van der Waals surface area (Å²) in [5, 5.41) is 7.78. The molecule has 0 spiro atoms. The lowest BCUT2D eigenvalue weighted by atomic mass is 9.49. The zero-order chi connectivity index (χ0) is 13.2. The zero-order valence-electron chi connectivity index (χ0n) is 12.0. The van der Waals surface area contributed by atoms with E-state index in [4.69, 9.17) is 9.51 Å². The van der Waals surface area contributed by atoms with Crippen molar-refractivity contribution in [3.05, 3.63) is 11.7 Å². The quantitative estimate of drug-likeness (QED) is 0.900. The molecule has 1 aromatic heterocycles. The van der Waals surface area contributed by atoms with E-state index in [0.717, 1.165) is 42.4 Å². The Balaban J connectivity index is 1.47. The van der Waals surface area contributed by atoms with Crippen LogP contribution in [0, 0.1) is 17.8 Å². The highest BCUT2D eigenvalue weighted by Crippen LogP contribution is 2.60. The average Bonchev–Trinajstić information content (AvgIpc) is 3.09. The molecule has 108 valence electrons. The van der Waals surface area contributed by atoms with Crippen molar-refractivity contribution < 1.29 is 4.52 Å². The Morgan fingerprint density at radius 2 is 1.75 bits per heavy atom. The summed E-state index contributed by atoms with van der Waals surface area (Å²) in [6, 6.07) is 0.335. The van der Waals surface area contributed by atoms with E-state index in [1.165, 1.54) is 44.9 Å². The molecular formula is C16H23N3O. The van der Waals surface area contributed by atoms with Gasteiger partial charge in [-0.1, -0.05) is 5.16 Å². The van der Waals surface area contributed by atoms with Gasteiger partial charge in [0.25, 0.3) is 0 Å². The Bertz CT molecular complexity index is 482. The lowest BCUT2D eigenvalue weighted by molar-refractivity contribution is -0.0201. The van der Waals surface area contributed by atoms with Crippen LogP contribution in [0.15, 0.2) is 4.52 Å². The van der Waals surface area contributed by atoms with E-state index in [1.807, 2.05) is 0 Å². The van der Waals surface area contributed by atoms with Crippen LogP contribution in [-0.4, -0.2) is 16.7 Å². The predicted molar refractivity (Wildman–Crippen MR) is 74.1 cm³/mol. The van der Waals surface area contributed by atoms with Crippen molar-refractivity contribution in [3.8, 4) is 0 Å². The summed E-state index contributed by atoms with van der Waals surface area (Å²) in [6.07, 6.45) is 10.7. The molecule has 0 amide bonds. The minimum atomic E-state index is 0.249. The third kappa shape index (κ3) is 1.63. The first-order chi connectivity index (χ1) is 9.81. The summed E-state index contributed by atoms with van der Waals surface area (Å²) in [6.45, 7) is 1.09. The highest BCUT2D eigenvalue weighted by molar-refractivity contribution is 5.16. The summed E-state index contributed by atoms with van der Waals surface area (Å²) in [4.78, 5) is 4.84. The molecule has 4 heteroatoms. The highest BCUT2D eigenvalue weighted by Gasteiger charge is 2.54. The van der Waals surface area contributed by atoms with Crippen molar-refractivity contribution in [2.75, 3.05) is 6.54 Å². The molecule has 1 unspecified atom stereocenters. The Kier molecular flexibility index (Phi) is 2.38. The summed E-state index contributed by atoms with van der Waals surface area (Å²) in [7, 11) is 0. The molecule has 1 saturated heterocycles. The summed E-state index contributed by atoms with van der Waals surface area (Å²) < 4.78 is 5.76. The first-order valence-electron chi connectivity index (χ1n) is 8.38. The van der Waals surface area contributed by atoms with Crippen LogP contribution in [0.4, 0.5) is 0 Å². The van der Waals surface area contributed by atoms with E-state index >= 15 is 0 Å². The molecular weight excluding hydrogens is 250 g/mol. The van der Waals surface area contributed by atoms with E-state index in [1.54, 1.807) is 0 Å². The number of hydrogen-bond acceptors (Lipinski definition) is 4. The maximum atomic E-state index is 5.76. The molecule has 20 heavy (non-hydrogen) atoms. The van der Waals surface area contributed by atoms with Gasteiger partial charge in [-0.15, -0.1) is 0 Å². The van der Waals surface area contributed by atoms with Gasteiger partial charge in [-0.3, -0.25) is 0 Å². The first kappa shape index (κ1) is 11.7. The maximum absolute atomic E-state index is 5.76. The van der Waals surface area contributed by atoms with E-state index in [-0.39, 0.29) is 5.41 Å². The van der Waals surface area contributed by atoms with Gasteiger partial charge in [-0.2, -0.15) is 4.98 Å². The Hall–Kier alpha value is -0.900. The molecule has 1 aliphatic heterocycles. The molecule has 2 heterocycles. The summed E-state index contributed by atoms with van der Waals surface area (Å²) >= 11 is 0. The van der Waals surface area contributed by atoms with Crippen LogP contribution in [0.1, 0.15) is 69.1 Å². The number of nitrogens with one attached hydrogen (secondary N) is 1. The van der Waals surface area contributed by atoms with E-state index in [9.17, 15) is 0 Å². The van der Waals surface area contributed by atoms with Crippen LogP contribution in [-0.2, 0) is 5.41 Å². The fourth-order valence-corrected chi connectivity index (χ4v) is 5.87. The van der Waals surface area contributed by atoms with Crippen LogP contribution in [0.3, 0.4) is 0 Å². The van der Waals surface area contributed by atoms with Gasteiger partial charge in [0.2, 0.25) is 5.89 Å². The normalized spacial score (nSPS) is 46.2. The van der Waals surface area contributed by atoms with Gasteiger partial charge in [0.1, 0.15) is 0 Å². The lowest BCUT2D eigenvalue weighted by Crippen LogP contribution is -2.48. The van der Waals surface area contributed by atoms with Gasteiger partial charge in [0.15, 0.2) is 5.82 Å². The van der Waals surface area contributed by atoms with Gasteiger partial charge in [0, 0.05) is 0 Å². The third-order valence-corrected chi connectivity index (χ3v) is 6.31. The Labute approximate surface area is 119 Å². The van der Waals surface area contributed by atoms with E-state index < -0.39 is 0 Å². The second kappa shape index (κ2) is 4.06. The molecule has 5 aliphatic rings. The fourth-order valence-electron chi connectivity index (χ4n) is 5.87. The van der Waals surface area contributed by atoms with Crippen molar-refractivity contribution in [1.82, 2.24) is 15.5 Å². The van der Waals surface area contributed by atoms with Crippen LogP contribution in [0.2, 0.25) is 0 Å². The Morgan fingerprint density at radius 1 is 1.05 bits per heavy atom. The second-order valence-corrected chi connectivity index (χ2v) is 7.80. The number of nitrogens with zero attached hydrogens (tertiary/aromatic N) is 2. The van der Waals surface area contributed by atoms with Gasteiger partial charge >= 0.3 is 0 Å². The van der Waals surface area contributed by atoms with Gasteiger partial charge in [-0.25, -0.2) is 0 Å². The molecule has 1 aromatic rings. The fraction of sp³-hybridized carbons (Fsp3) is 0.875. The molecule has 4 aliphatic carbocycles. The average molecular weight is 273 g/mol. The van der Waals surface area contributed by atoms with E-state index in [0.29, 0.717) is 6.04 Å². The number of hydrogen-bond donors (Lipinski definition) is 1. The standard InChI is InChI=1S/C16H23N3O/c1-2-13(17-3-1)14-18-15(20-19-14)16-7-10-4-11(8-16)6-12(5-10)9-16/h10-13,17H,1-9H2. The molecule has 0 aromatic carbocycles. The smallest absolute Gasteiger partial charge is 0.232 e. The van der Waals surface area contributed by atoms with Gasteiger partial charge in [-0.05, 0) is 75.7 Å². The van der Waals surface area contributed by atoms with Gasteiger partial charge < -0.3 is 9.84 Å². The van der Waals surface area contributed by atoms with Crippen LogP contribution in [0.25, 0.3) is 0 Å². The van der Waals surface area contributed by atoms with Crippen molar-refractivity contribution in [2.24, 2.45) is 17.8 Å². The van der Waals surface area contributed by atoms with Crippen molar-refractivity contribution in [1.29, 1.82) is 0 Å². The highest BCUT2D eigenvalue weighted by atomic mass is 16.5. The second-order valence-electron chi connectivity index (χ2n) is 7.80. The van der Waals surface area contributed by atoms with Crippen LogP contribution in [0.5, 0.6) is 0 Å². The largest absolute Gasteiger partial charge is 0.339 e. The van der Waals surface area contributed by atoms with Crippen molar-refractivity contribution in [3.63, 3.8) is 0 Å². The topological polar surface area (TPSA) is 51.0 Å². The third-order valence-electron chi connectivity index (χ3n) is 6.31. The lowest BCUT2D eigenvalue weighted by Gasteiger charge is -2.55. The van der Waals surface area contributed by atoms with Crippen molar-refractivity contribution >= 4 is 0 Å². The molecule has 1 atom stereocenters. The summed E-state index contributed by atoms with van der Waals surface area (Å²) in [5.74, 6) is 4.68. The van der Waals surface area contributed by atoms with E-state index in [2.05, 4.69) is 10.5 Å². The minimum absolute atomic E-state index is 0.249. The molecule has 4 saturated carbocycles. The number of aromatic nitrogens is 2. The van der Waals surface area contributed by atoms with Crippen LogP contribution < -0.4 is 5.32 Å². The predicted octanol–water partition coefficient (Wildman–Crippen LogP) is 2.96. The SMILES string of the molecule is C1CNC(c2noc(C34CC5CC(CC(C5)C3)C4)n2)C1. The molecule has 6 rings (SSSR count). The molecule has 4 bridgehead atoms. The first-order valence-corrected chi connectivity index (χ1v) is 8.38. The van der Waals surface area contributed by atoms with Crippen LogP contribution >= 0.6 is 0 Å². The minimum Gasteiger partial charge on any atom is -0.339 e. The van der Waals surface area contributed by atoms with Crippen molar-refractivity contribution in [2.45, 2.75) is 62.8 Å². The monoisotopic (exact) mass is 273 g/mol. The molecule has 1 N–H and O–H groups in total. The Morgan fingerprint density at radius 3 is 2.35 bits per heavy atom. The molecule has 0 radical (unpaired) electrons. The zero-order valence-corrected chi connectivity index (χ0v) is 12.0. The molecule has 5 fully saturated rings. The molecule has 4 nitrogen and oxygen atoms in total. The maximum Gasteiger partial charge on any atom is 0.232 e. The van der Waals surface area contributed by atoms with Gasteiger partial charge in [0.05, 0.1) is 11.5 Å². The summed E-state index contributed by atoms with van der Waals surface area (Å²) in [5.41, 5.74) is 0.249. The number of rotatable bonds is 2.